The van der Waals surface area contributed by atoms with Crippen LogP contribution in [0.4, 0.5) is 5.95 Å². The standard InChI is InChI=1S/C6H9N5S2/c1-2-3-7-5(12)8-4-9-6(13)11-10-4/h2H,1,3H2,(H4,7,8,9,10,11,12,13). The van der Waals surface area contributed by atoms with Gasteiger partial charge in [-0.1, -0.05) is 6.08 Å². The van der Waals surface area contributed by atoms with E-state index in [9.17, 15) is 0 Å². The molecule has 1 heterocycles. The predicted molar refractivity (Wildman–Crippen MR) is 58.1 cm³/mol. The Kier molecular flexibility index (Phi) is 3.71. The third-order valence-corrected chi connectivity index (χ3v) is 1.55. The van der Waals surface area contributed by atoms with Crippen molar-refractivity contribution in [3.63, 3.8) is 0 Å². The summed E-state index contributed by atoms with van der Waals surface area (Å²) in [6.07, 6.45) is 1.70. The summed E-state index contributed by atoms with van der Waals surface area (Å²) in [5, 5.41) is 12.9. The van der Waals surface area contributed by atoms with Crippen molar-refractivity contribution in [2.75, 3.05) is 11.9 Å². The zero-order chi connectivity index (χ0) is 9.68. The average molecular weight is 215 g/mol. The molecule has 0 aromatic carbocycles. The molecular formula is C6H9N5S2. The van der Waals surface area contributed by atoms with E-state index < -0.39 is 0 Å². The maximum atomic E-state index is 4.92. The lowest BCUT2D eigenvalue weighted by molar-refractivity contribution is 0.980. The van der Waals surface area contributed by atoms with Gasteiger partial charge in [-0.15, -0.1) is 24.3 Å². The first-order valence-corrected chi connectivity index (χ1v) is 4.35. The van der Waals surface area contributed by atoms with Crippen molar-refractivity contribution >= 4 is 35.9 Å². The number of rotatable bonds is 3. The van der Waals surface area contributed by atoms with Crippen molar-refractivity contribution in [2.45, 2.75) is 5.16 Å². The van der Waals surface area contributed by atoms with Crippen LogP contribution in [0.2, 0.25) is 0 Å². The second-order valence-electron chi connectivity index (χ2n) is 2.11. The Labute approximate surface area is 86.4 Å². The zero-order valence-electron chi connectivity index (χ0n) is 6.74. The maximum absolute atomic E-state index is 4.92. The van der Waals surface area contributed by atoms with Crippen LogP contribution in [-0.2, 0) is 0 Å². The molecule has 0 unspecified atom stereocenters. The molecule has 0 saturated heterocycles. The molecule has 0 aliphatic heterocycles. The molecule has 5 nitrogen and oxygen atoms in total. The zero-order valence-corrected chi connectivity index (χ0v) is 8.45. The van der Waals surface area contributed by atoms with E-state index in [1.165, 1.54) is 0 Å². The Bertz CT molecular complexity index is 308. The molecule has 0 saturated carbocycles. The average Bonchev–Trinajstić information content (AvgIpc) is 2.48. The summed E-state index contributed by atoms with van der Waals surface area (Å²) < 4.78 is 0. The van der Waals surface area contributed by atoms with Gasteiger partial charge >= 0.3 is 0 Å². The van der Waals surface area contributed by atoms with Crippen molar-refractivity contribution in [1.82, 2.24) is 20.5 Å². The van der Waals surface area contributed by atoms with Gasteiger partial charge in [-0.3, -0.25) is 10.4 Å². The summed E-state index contributed by atoms with van der Waals surface area (Å²) >= 11 is 8.87. The summed E-state index contributed by atoms with van der Waals surface area (Å²) in [7, 11) is 0. The van der Waals surface area contributed by atoms with E-state index in [1.807, 2.05) is 0 Å². The summed E-state index contributed by atoms with van der Waals surface area (Å²) in [4.78, 5) is 3.89. The van der Waals surface area contributed by atoms with Gasteiger partial charge in [0.2, 0.25) is 5.95 Å². The highest BCUT2D eigenvalue weighted by atomic mass is 32.1. The number of thiocarbonyl (C=S) groups is 1. The molecule has 1 rings (SSSR count). The van der Waals surface area contributed by atoms with Crippen LogP contribution in [0.25, 0.3) is 0 Å². The van der Waals surface area contributed by atoms with Crippen molar-refractivity contribution in [1.29, 1.82) is 0 Å². The minimum atomic E-state index is 0.395. The number of hydrogen-bond donors (Lipinski definition) is 4. The number of aromatic amines is 1. The van der Waals surface area contributed by atoms with E-state index in [-0.39, 0.29) is 0 Å². The fraction of sp³-hybridized carbons (Fsp3) is 0.167. The number of H-pyrrole nitrogens is 1. The van der Waals surface area contributed by atoms with E-state index in [1.54, 1.807) is 6.08 Å². The van der Waals surface area contributed by atoms with Crippen LogP contribution in [-0.4, -0.2) is 26.8 Å². The van der Waals surface area contributed by atoms with Gasteiger partial charge in [0.05, 0.1) is 0 Å². The molecule has 0 aliphatic carbocycles. The molecule has 0 atom stereocenters. The molecule has 0 spiro atoms. The van der Waals surface area contributed by atoms with Crippen LogP contribution < -0.4 is 10.6 Å². The SMILES string of the molecule is C=CCNC(=S)Nc1n[nH]c(S)n1. The van der Waals surface area contributed by atoms with Crippen molar-refractivity contribution < 1.29 is 0 Å². The Morgan fingerprint density at radius 2 is 2.54 bits per heavy atom. The van der Waals surface area contributed by atoms with Gasteiger partial charge in [0.1, 0.15) is 0 Å². The molecule has 0 aliphatic rings. The van der Waals surface area contributed by atoms with Crippen LogP contribution in [0, 0.1) is 0 Å². The highest BCUT2D eigenvalue weighted by Gasteiger charge is 2.00. The lowest BCUT2D eigenvalue weighted by Crippen LogP contribution is -2.28. The van der Waals surface area contributed by atoms with Gasteiger partial charge in [-0.25, -0.2) is 0 Å². The second-order valence-corrected chi connectivity index (χ2v) is 2.94. The first-order chi connectivity index (χ1) is 6.22. The van der Waals surface area contributed by atoms with Crippen molar-refractivity contribution in [3.05, 3.63) is 12.7 Å². The van der Waals surface area contributed by atoms with Crippen LogP contribution in [0.3, 0.4) is 0 Å². The Morgan fingerprint density at radius 1 is 1.77 bits per heavy atom. The smallest absolute Gasteiger partial charge is 0.249 e. The lowest BCUT2D eigenvalue weighted by Gasteiger charge is -2.03. The number of nitrogens with zero attached hydrogens (tertiary/aromatic N) is 2. The van der Waals surface area contributed by atoms with Crippen molar-refractivity contribution in [3.8, 4) is 0 Å². The quantitative estimate of drug-likeness (QED) is 0.337. The van der Waals surface area contributed by atoms with Crippen LogP contribution in [0.5, 0.6) is 0 Å². The first kappa shape index (κ1) is 10.0. The minimum Gasteiger partial charge on any atom is -0.359 e. The Balaban J connectivity index is 2.40. The van der Waals surface area contributed by atoms with Gasteiger partial charge in [-0.05, 0) is 12.2 Å². The highest BCUT2D eigenvalue weighted by molar-refractivity contribution is 7.80. The number of anilines is 1. The third-order valence-electron chi connectivity index (χ3n) is 1.11. The Morgan fingerprint density at radius 3 is 3.08 bits per heavy atom. The molecule has 0 amide bonds. The number of hydrogen-bond acceptors (Lipinski definition) is 4. The first-order valence-electron chi connectivity index (χ1n) is 3.49. The normalized spacial score (nSPS) is 9.31. The molecule has 1 aromatic heterocycles. The summed E-state index contributed by atoms with van der Waals surface area (Å²) in [6.45, 7) is 4.15. The summed E-state index contributed by atoms with van der Waals surface area (Å²) in [5.41, 5.74) is 0. The maximum Gasteiger partial charge on any atom is 0.249 e. The number of thiol groups is 1. The van der Waals surface area contributed by atoms with Gasteiger partial charge in [0.15, 0.2) is 10.3 Å². The van der Waals surface area contributed by atoms with E-state index in [0.29, 0.717) is 22.8 Å². The van der Waals surface area contributed by atoms with Gasteiger partial charge in [-0.2, -0.15) is 4.98 Å². The van der Waals surface area contributed by atoms with E-state index in [4.69, 9.17) is 12.2 Å². The van der Waals surface area contributed by atoms with Crippen LogP contribution in [0.1, 0.15) is 0 Å². The van der Waals surface area contributed by atoms with Gasteiger partial charge < -0.3 is 5.32 Å². The molecule has 0 radical (unpaired) electrons. The molecule has 0 fully saturated rings. The topological polar surface area (TPSA) is 65.6 Å². The molecule has 7 heteroatoms. The monoisotopic (exact) mass is 215 g/mol. The highest BCUT2D eigenvalue weighted by Crippen LogP contribution is 2.00. The molecule has 13 heavy (non-hydrogen) atoms. The van der Waals surface area contributed by atoms with Gasteiger partial charge in [0.25, 0.3) is 0 Å². The van der Waals surface area contributed by atoms with Crippen molar-refractivity contribution in [2.24, 2.45) is 0 Å². The van der Waals surface area contributed by atoms with Gasteiger partial charge in [0, 0.05) is 6.54 Å². The fourth-order valence-electron chi connectivity index (χ4n) is 0.620. The van der Waals surface area contributed by atoms with E-state index >= 15 is 0 Å². The van der Waals surface area contributed by atoms with Crippen LogP contribution in [0.15, 0.2) is 17.8 Å². The lowest BCUT2D eigenvalue weighted by atomic mass is 10.6. The fourth-order valence-corrected chi connectivity index (χ4v) is 0.939. The van der Waals surface area contributed by atoms with E-state index in [2.05, 4.69) is 45.0 Å². The summed E-state index contributed by atoms with van der Waals surface area (Å²) in [5.74, 6) is 0.395. The Hall–Kier alpha value is -1.08. The molecule has 0 bridgehead atoms. The number of nitrogens with one attached hydrogen (secondary N) is 3. The molecule has 1 aromatic rings. The molecule has 70 valence electrons. The molecule has 3 N–H and O–H groups in total. The summed E-state index contributed by atoms with van der Waals surface area (Å²) in [6, 6.07) is 0. The third kappa shape index (κ3) is 3.43. The second kappa shape index (κ2) is 4.83. The van der Waals surface area contributed by atoms with Crippen LogP contribution >= 0.6 is 24.8 Å². The minimum absolute atomic E-state index is 0.395. The number of aromatic nitrogens is 3. The largest absolute Gasteiger partial charge is 0.359 e. The molecular weight excluding hydrogens is 206 g/mol. The predicted octanol–water partition coefficient (Wildman–Crippen LogP) is 0.566. The van der Waals surface area contributed by atoms with E-state index in [0.717, 1.165) is 0 Å².